The topological polar surface area (TPSA) is 46.5 Å². The molecular weight excluding hydrogens is 212 g/mol. The fraction of sp³-hybridized carbons (Fsp3) is 0.182. The van der Waals surface area contributed by atoms with Gasteiger partial charge in [0, 0.05) is 10.3 Å². The third-order valence-electron chi connectivity index (χ3n) is 2.79. The lowest BCUT2D eigenvalue weighted by molar-refractivity contribution is 0.0536. The summed E-state index contributed by atoms with van der Waals surface area (Å²) in [5.74, 6) is -0.130. The van der Waals surface area contributed by atoms with Gasteiger partial charge in [-0.1, -0.05) is 0 Å². The molecule has 0 fully saturated rings. The van der Waals surface area contributed by atoms with Gasteiger partial charge in [-0.2, -0.15) is 0 Å². The van der Waals surface area contributed by atoms with Crippen LogP contribution in [-0.2, 0) is 11.3 Å². The molecule has 15 heavy (non-hydrogen) atoms. The van der Waals surface area contributed by atoms with Crippen LogP contribution in [0.3, 0.4) is 0 Å². The number of fused-ring (bicyclic) bond motifs is 3. The Balaban J connectivity index is 2.56. The van der Waals surface area contributed by atoms with Crippen molar-refractivity contribution in [3.63, 3.8) is 0 Å². The Morgan fingerprint density at radius 1 is 1.53 bits per heavy atom. The second kappa shape index (κ2) is 2.73. The van der Waals surface area contributed by atoms with Crippen LogP contribution < -0.4 is 0 Å². The molecular formula is C11H8O3S. The van der Waals surface area contributed by atoms with Crippen molar-refractivity contribution in [1.82, 2.24) is 0 Å². The Morgan fingerprint density at radius 3 is 3.13 bits per heavy atom. The van der Waals surface area contributed by atoms with Crippen LogP contribution in [0.15, 0.2) is 11.4 Å². The molecule has 1 aromatic carbocycles. The summed E-state index contributed by atoms with van der Waals surface area (Å²) in [7, 11) is 0. The lowest BCUT2D eigenvalue weighted by Crippen LogP contribution is -1.94. The summed E-state index contributed by atoms with van der Waals surface area (Å²) in [5, 5.41) is 12.8. The van der Waals surface area contributed by atoms with Gasteiger partial charge in [0.15, 0.2) is 0 Å². The summed E-state index contributed by atoms with van der Waals surface area (Å²) < 4.78 is 5.86. The second-order valence-corrected chi connectivity index (χ2v) is 4.48. The van der Waals surface area contributed by atoms with E-state index in [2.05, 4.69) is 0 Å². The van der Waals surface area contributed by atoms with Gasteiger partial charge in [-0.25, -0.2) is 4.79 Å². The summed E-state index contributed by atoms with van der Waals surface area (Å²) in [6.45, 7) is 2.04. The highest BCUT2D eigenvalue weighted by Crippen LogP contribution is 2.40. The molecule has 3 nitrogen and oxygen atoms in total. The van der Waals surface area contributed by atoms with Crippen molar-refractivity contribution in [2.45, 2.75) is 13.5 Å². The van der Waals surface area contributed by atoms with Crippen molar-refractivity contribution in [2.75, 3.05) is 0 Å². The zero-order valence-corrected chi connectivity index (χ0v) is 8.85. The van der Waals surface area contributed by atoms with Crippen LogP contribution in [0.4, 0.5) is 0 Å². The summed E-state index contributed by atoms with van der Waals surface area (Å²) in [4.78, 5) is 11.5. The summed E-state index contributed by atoms with van der Waals surface area (Å²) in [5.41, 5.74) is 2.00. The van der Waals surface area contributed by atoms with E-state index in [0.717, 1.165) is 15.6 Å². The van der Waals surface area contributed by atoms with Crippen molar-refractivity contribution >= 4 is 27.4 Å². The molecule has 1 aliphatic heterocycles. The summed E-state index contributed by atoms with van der Waals surface area (Å²) >= 11 is 1.51. The first-order chi connectivity index (χ1) is 7.20. The third-order valence-corrected chi connectivity index (χ3v) is 3.72. The normalized spacial score (nSPS) is 14.3. The minimum atomic E-state index is -0.326. The van der Waals surface area contributed by atoms with E-state index in [1.165, 1.54) is 11.3 Å². The van der Waals surface area contributed by atoms with Gasteiger partial charge in [0.1, 0.15) is 12.4 Å². The molecule has 76 valence electrons. The quantitative estimate of drug-likeness (QED) is 0.694. The lowest BCUT2D eigenvalue weighted by atomic mass is 10.0. The predicted molar refractivity (Wildman–Crippen MR) is 57.3 cm³/mol. The first-order valence-corrected chi connectivity index (χ1v) is 5.47. The SMILES string of the molecule is Cc1c(O)c2c(c3sccc13)C(=O)OC2. The number of ether oxygens (including phenoxy) is 1. The van der Waals surface area contributed by atoms with Gasteiger partial charge < -0.3 is 9.84 Å². The van der Waals surface area contributed by atoms with Crippen LogP contribution in [0.5, 0.6) is 5.75 Å². The van der Waals surface area contributed by atoms with Crippen LogP contribution in [0.1, 0.15) is 21.5 Å². The van der Waals surface area contributed by atoms with Crippen LogP contribution in [0, 0.1) is 6.92 Å². The lowest BCUT2D eigenvalue weighted by Gasteiger charge is -2.05. The number of aromatic hydroxyl groups is 1. The monoisotopic (exact) mass is 220 g/mol. The molecule has 2 aromatic rings. The fourth-order valence-electron chi connectivity index (χ4n) is 1.97. The average Bonchev–Trinajstić information content (AvgIpc) is 2.80. The number of hydrogen-bond donors (Lipinski definition) is 1. The molecule has 0 aliphatic carbocycles. The van der Waals surface area contributed by atoms with Gasteiger partial charge in [0.2, 0.25) is 0 Å². The molecule has 1 aliphatic rings. The van der Waals surface area contributed by atoms with Crippen molar-refractivity contribution in [1.29, 1.82) is 0 Å². The van der Waals surface area contributed by atoms with Gasteiger partial charge in [-0.15, -0.1) is 11.3 Å². The van der Waals surface area contributed by atoms with E-state index < -0.39 is 0 Å². The molecule has 0 amide bonds. The van der Waals surface area contributed by atoms with Gasteiger partial charge in [-0.05, 0) is 29.3 Å². The molecule has 0 saturated carbocycles. The minimum absolute atomic E-state index is 0.189. The zero-order valence-electron chi connectivity index (χ0n) is 8.03. The zero-order chi connectivity index (χ0) is 10.6. The highest BCUT2D eigenvalue weighted by atomic mass is 32.1. The Hall–Kier alpha value is -1.55. The Bertz CT molecular complexity index is 583. The van der Waals surface area contributed by atoms with Crippen molar-refractivity contribution < 1.29 is 14.6 Å². The first-order valence-electron chi connectivity index (χ1n) is 4.59. The van der Waals surface area contributed by atoms with Gasteiger partial charge in [0.05, 0.1) is 5.56 Å². The average molecular weight is 220 g/mol. The third kappa shape index (κ3) is 0.969. The maximum Gasteiger partial charge on any atom is 0.340 e. The smallest absolute Gasteiger partial charge is 0.340 e. The fourth-order valence-corrected chi connectivity index (χ4v) is 2.99. The highest BCUT2D eigenvalue weighted by molar-refractivity contribution is 7.17. The molecule has 1 aromatic heterocycles. The molecule has 0 bridgehead atoms. The first kappa shape index (κ1) is 8.73. The van der Waals surface area contributed by atoms with Gasteiger partial charge in [0.25, 0.3) is 0 Å². The molecule has 4 heteroatoms. The van der Waals surface area contributed by atoms with E-state index in [4.69, 9.17) is 4.74 Å². The number of cyclic esters (lactones) is 1. The molecule has 0 unspecified atom stereocenters. The number of aryl methyl sites for hydroxylation is 1. The number of hydrogen-bond acceptors (Lipinski definition) is 4. The maximum absolute atomic E-state index is 11.5. The van der Waals surface area contributed by atoms with E-state index in [1.807, 2.05) is 18.4 Å². The molecule has 0 saturated heterocycles. The summed E-state index contributed by atoms with van der Waals surface area (Å²) in [6.07, 6.45) is 0. The van der Waals surface area contributed by atoms with Crippen LogP contribution in [0.2, 0.25) is 0 Å². The molecule has 0 spiro atoms. The van der Waals surface area contributed by atoms with Crippen molar-refractivity contribution in [2.24, 2.45) is 0 Å². The molecule has 3 rings (SSSR count). The van der Waals surface area contributed by atoms with E-state index in [9.17, 15) is 9.90 Å². The van der Waals surface area contributed by atoms with Crippen LogP contribution in [0.25, 0.3) is 10.1 Å². The number of carbonyl (C=O) groups excluding carboxylic acids is 1. The van der Waals surface area contributed by atoms with Crippen molar-refractivity contribution in [3.8, 4) is 5.75 Å². The number of benzene rings is 1. The molecule has 0 atom stereocenters. The van der Waals surface area contributed by atoms with Gasteiger partial charge >= 0.3 is 5.97 Å². The van der Waals surface area contributed by atoms with E-state index in [1.54, 1.807) is 0 Å². The number of phenolic OH excluding ortho intramolecular Hbond substituents is 1. The molecule has 2 heterocycles. The predicted octanol–water partition coefficient (Wildman–Crippen LogP) is 2.59. The molecule has 1 N–H and O–H groups in total. The van der Waals surface area contributed by atoms with E-state index in [-0.39, 0.29) is 18.3 Å². The number of carbonyl (C=O) groups is 1. The Labute approximate surface area is 89.9 Å². The van der Waals surface area contributed by atoms with E-state index >= 15 is 0 Å². The Morgan fingerprint density at radius 2 is 2.33 bits per heavy atom. The van der Waals surface area contributed by atoms with Crippen LogP contribution in [-0.4, -0.2) is 11.1 Å². The van der Waals surface area contributed by atoms with E-state index in [0.29, 0.717) is 11.1 Å². The second-order valence-electron chi connectivity index (χ2n) is 3.57. The summed E-state index contributed by atoms with van der Waals surface area (Å²) in [6, 6.07) is 1.92. The maximum atomic E-state index is 11.5. The largest absolute Gasteiger partial charge is 0.507 e. The molecule has 0 radical (unpaired) electrons. The van der Waals surface area contributed by atoms with Crippen LogP contribution >= 0.6 is 11.3 Å². The highest BCUT2D eigenvalue weighted by Gasteiger charge is 2.29. The number of phenols is 1. The van der Waals surface area contributed by atoms with Crippen molar-refractivity contribution in [3.05, 3.63) is 28.1 Å². The number of esters is 1. The Kier molecular flexibility index (Phi) is 1.59. The van der Waals surface area contributed by atoms with Gasteiger partial charge in [-0.3, -0.25) is 0 Å². The minimum Gasteiger partial charge on any atom is -0.507 e. The number of thiophene rings is 1. The standard InChI is InChI=1S/C11H8O3S/c1-5-6-2-3-15-10(6)8-7(9(5)12)4-14-11(8)13/h2-3,12H,4H2,1H3. The number of rotatable bonds is 0.